The van der Waals surface area contributed by atoms with Gasteiger partial charge in [0.1, 0.15) is 34.8 Å². The van der Waals surface area contributed by atoms with E-state index in [0.29, 0.717) is 62.4 Å². The van der Waals surface area contributed by atoms with Crippen LogP contribution < -0.4 is 24.7 Å². The summed E-state index contributed by atoms with van der Waals surface area (Å²) in [5.74, 6) is 3.35. The Kier molecular flexibility index (Phi) is 13.7. The van der Waals surface area contributed by atoms with Gasteiger partial charge in [-0.3, -0.25) is 14.2 Å². The number of carbonyl (C=O) groups excluding carboxylic acids is 2. The third-order valence-corrected chi connectivity index (χ3v) is 13.2. The number of nitrogens with zero attached hydrogens (tertiary/aromatic N) is 5. The van der Waals surface area contributed by atoms with Gasteiger partial charge in [0.15, 0.2) is 11.2 Å². The molecule has 0 unspecified atom stereocenters. The van der Waals surface area contributed by atoms with Gasteiger partial charge in [-0.25, -0.2) is 0 Å². The van der Waals surface area contributed by atoms with Crippen LogP contribution in [0.5, 0.6) is 23.0 Å². The molecule has 4 aliphatic heterocycles. The number of nitriles is 1. The van der Waals surface area contributed by atoms with Gasteiger partial charge >= 0.3 is 0 Å². The van der Waals surface area contributed by atoms with Crippen molar-refractivity contribution in [2.75, 3.05) is 33.3 Å². The highest BCUT2D eigenvalue weighted by Crippen LogP contribution is 2.47. The third-order valence-electron chi connectivity index (χ3n) is 13.2. The highest BCUT2D eigenvalue weighted by atomic mass is 16.5. The first-order chi connectivity index (χ1) is 32.8. The molecule has 0 aliphatic carbocycles. The Morgan fingerprint density at radius 3 is 1.50 bits per heavy atom. The Hall–Kier alpha value is -7.01. The minimum Gasteiger partial charge on any atom is -0.491 e. The molecule has 10 rings (SSSR count). The average Bonchev–Trinajstić information content (AvgIpc) is 4.01. The van der Waals surface area contributed by atoms with Crippen molar-refractivity contribution in [3.05, 3.63) is 154 Å². The van der Waals surface area contributed by atoms with Crippen LogP contribution in [0.2, 0.25) is 0 Å². The smallest absolute Gasteiger partial charge is 0.253 e. The molecule has 0 saturated carbocycles. The fourth-order valence-corrected chi connectivity index (χ4v) is 9.96. The van der Waals surface area contributed by atoms with Crippen molar-refractivity contribution in [3.63, 3.8) is 0 Å². The van der Waals surface area contributed by atoms with E-state index in [0.717, 1.165) is 82.5 Å². The summed E-state index contributed by atoms with van der Waals surface area (Å²) in [4.78, 5) is 30.3. The number of para-hydroxylation sites is 4. The summed E-state index contributed by atoms with van der Waals surface area (Å²) in [6.45, 7) is 14.8. The maximum Gasteiger partial charge on any atom is 0.253 e. The molecule has 4 aromatic carbocycles. The van der Waals surface area contributed by atoms with Crippen LogP contribution in [-0.2, 0) is 17.7 Å². The monoisotopic (exact) mass is 918 g/mol. The Labute approximate surface area is 399 Å². The number of fused-ring (bicyclic) bond motifs is 8. The Bertz CT molecular complexity index is 2840. The van der Waals surface area contributed by atoms with E-state index in [-0.39, 0.29) is 24.0 Å². The van der Waals surface area contributed by atoms with E-state index in [1.807, 2.05) is 147 Å². The van der Waals surface area contributed by atoms with Crippen molar-refractivity contribution >= 4 is 11.8 Å². The molecule has 13 nitrogen and oxygen atoms in total. The van der Waals surface area contributed by atoms with Crippen molar-refractivity contribution in [2.45, 2.75) is 97.2 Å². The maximum atomic E-state index is 13.3. The summed E-state index contributed by atoms with van der Waals surface area (Å²) < 4.78 is 29.1. The van der Waals surface area contributed by atoms with E-state index in [4.69, 9.17) is 29.8 Å². The number of piperidine rings is 2. The topological polar surface area (TPSA) is 157 Å². The highest BCUT2D eigenvalue weighted by molar-refractivity contribution is 5.95. The van der Waals surface area contributed by atoms with Crippen LogP contribution in [0.25, 0.3) is 11.4 Å². The second-order valence-electron chi connectivity index (χ2n) is 18.3. The van der Waals surface area contributed by atoms with E-state index < -0.39 is 11.2 Å². The highest BCUT2D eigenvalue weighted by Gasteiger charge is 2.47. The van der Waals surface area contributed by atoms with Crippen molar-refractivity contribution in [1.82, 2.24) is 18.9 Å². The first-order valence-corrected chi connectivity index (χ1v) is 23.5. The van der Waals surface area contributed by atoms with Crippen molar-refractivity contribution in [2.24, 2.45) is 5.73 Å². The molecule has 4 aliphatic rings. The van der Waals surface area contributed by atoms with Gasteiger partial charge in [0.25, 0.3) is 11.8 Å². The Morgan fingerprint density at radius 1 is 0.647 bits per heavy atom. The number of benzene rings is 4. The van der Waals surface area contributed by atoms with E-state index in [1.54, 1.807) is 0 Å². The second kappa shape index (κ2) is 19.7. The molecule has 0 radical (unpaired) electrons. The van der Waals surface area contributed by atoms with Crippen molar-refractivity contribution in [1.29, 1.82) is 5.26 Å². The number of aliphatic hydroxyl groups excluding tert-OH is 1. The molecule has 2 saturated heterocycles. The number of hydrogen-bond acceptors (Lipinski definition) is 9. The van der Waals surface area contributed by atoms with Crippen molar-refractivity contribution < 1.29 is 33.6 Å². The van der Waals surface area contributed by atoms with E-state index in [1.165, 1.54) is 0 Å². The molecule has 3 N–H and O–H groups in total. The zero-order chi connectivity index (χ0) is 48.3. The minimum absolute atomic E-state index is 0.0216. The molecule has 2 spiro atoms. The first-order valence-electron chi connectivity index (χ1n) is 23.5. The number of likely N-dealkylation sites (tertiary alicyclic amines) is 2. The molecule has 0 atom stereocenters. The van der Waals surface area contributed by atoms with Gasteiger partial charge in [-0.2, -0.15) is 5.26 Å². The minimum atomic E-state index is -0.550. The lowest BCUT2D eigenvalue weighted by Crippen LogP contribution is -2.50. The second-order valence-corrected chi connectivity index (χ2v) is 18.3. The fourth-order valence-electron chi connectivity index (χ4n) is 9.96. The summed E-state index contributed by atoms with van der Waals surface area (Å²) in [5.41, 5.74) is 14.0. The van der Waals surface area contributed by atoms with Gasteiger partial charge < -0.3 is 44.2 Å². The molecule has 13 heteroatoms. The van der Waals surface area contributed by atoms with E-state index in [9.17, 15) is 14.9 Å². The van der Waals surface area contributed by atoms with Gasteiger partial charge in [-0.15, -0.1) is 0 Å². The third kappa shape index (κ3) is 8.94. The van der Waals surface area contributed by atoms with E-state index >= 15 is 0 Å². The number of aromatic nitrogens is 2. The number of nitrogens with two attached hydrogens (primary N) is 1. The standard InChI is InChI=1S/C27H31N3O3.C27H27N3O3.CH4O/c2*1-18(2)32-23-10-8-20(16-19(23)3)26(31)29-14-12-27(13-15-29)25-11-9-21(17-28)30(25)22-6-4-5-7-24(22)33-27;1-2/h4-11,16,18H,12-15,17,28H2,1-3H3;4-11,16,18H,12-15H2,1-3H3;2H,1H3. The predicted octanol–water partition coefficient (Wildman–Crippen LogP) is 9.13. The lowest BCUT2D eigenvalue weighted by molar-refractivity contribution is -0.00991. The predicted molar refractivity (Wildman–Crippen MR) is 261 cm³/mol. The van der Waals surface area contributed by atoms with Crippen LogP contribution >= 0.6 is 0 Å². The largest absolute Gasteiger partial charge is 0.491 e. The van der Waals surface area contributed by atoms with Gasteiger partial charge in [0.2, 0.25) is 0 Å². The van der Waals surface area contributed by atoms with E-state index in [2.05, 4.69) is 28.8 Å². The molecule has 2 fully saturated rings. The molecule has 6 heterocycles. The number of carbonyl (C=O) groups is 2. The average molecular weight is 919 g/mol. The van der Waals surface area contributed by atoms with Crippen LogP contribution in [0.15, 0.2) is 109 Å². The molecular weight excluding hydrogens is 857 g/mol. The molecule has 2 aromatic heterocycles. The molecular formula is C55H62N6O7. The quantitative estimate of drug-likeness (QED) is 0.159. The normalized spacial score (nSPS) is 15.8. The first kappa shape index (κ1) is 47.5. The summed E-state index contributed by atoms with van der Waals surface area (Å²) in [7, 11) is 1.00. The van der Waals surface area contributed by atoms with Crippen LogP contribution in [0.4, 0.5) is 0 Å². The van der Waals surface area contributed by atoms with Gasteiger partial charge in [0, 0.05) is 82.3 Å². The SMILES string of the molecule is CO.Cc1cc(C(=O)N2CCC3(CC2)Oc2ccccc2-n2c(C#N)ccc23)ccc1OC(C)C.Cc1cc(C(=O)N2CCC3(CC2)Oc2ccccc2-n2c(CN)ccc23)ccc1OC(C)C. The van der Waals surface area contributed by atoms with Gasteiger partial charge in [0.05, 0.1) is 35.0 Å². The number of amides is 2. The number of aryl methyl sites for hydroxylation is 2. The lowest BCUT2D eigenvalue weighted by atomic mass is 9.86. The van der Waals surface area contributed by atoms with Crippen LogP contribution in [-0.4, -0.2) is 81.4 Å². The summed E-state index contributed by atoms with van der Waals surface area (Å²) in [6, 6.07) is 37.6. The Balaban J connectivity index is 0.000000177. The Morgan fingerprint density at radius 2 is 1.07 bits per heavy atom. The fraction of sp³-hybridized carbons (Fsp3) is 0.364. The summed E-state index contributed by atoms with van der Waals surface area (Å²) in [5, 5.41) is 16.7. The van der Waals surface area contributed by atoms with Gasteiger partial charge in [-0.1, -0.05) is 24.3 Å². The number of aliphatic hydroxyl groups is 1. The summed E-state index contributed by atoms with van der Waals surface area (Å²) in [6.07, 6.45) is 2.97. The van der Waals surface area contributed by atoms with Gasteiger partial charge in [-0.05, 0) is 138 Å². The zero-order valence-electron chi connectivity index (χ0n) is 40.1. The molecule has 354 valence electrons. The summed E-state index contributed by atoms with van der Waals surface area (Å²) >= 11 is 0. The van der Waals surface area contributed by atoms with Crippen LogP contribution in [0.1, 0.15) is 108 Å². The number of hydrogen-bond donors (Lipinski definition) is 2. The van der Waals surface area contributed by atoms with Crippen LogP contribution in [0.3, 0.4) is 0 Å². The molecule has 68 heavy (non-hydrogen) atoms. The number of ether oxygens (including phenoxy) is 4. The van der Waals surface area contributed by atoms with Crippen molar-refractivity contribution in [3.8, 4) is 40.4 Å². The molecule has 2 amide bonds. The zero-order valence-corrected chi connectivity index (χ0v) is 40.1. The van der Waals surface area contributed by atoms with Crippen LogP contribution in [0, 0.1) is 25.2 Å². The molecule has 0 bridgehead atoms. The number of rotatable bonds is 7. The molecule has 6 aromatic rings. The maximum absolute atomic E-state index is 13.3. The lowest BCUT2D eigenvalue weighted by Gasteiger charge is -2.45.